The van der Waals surface area contributed by atoms with E-state index in [-0.39, 0.29) is 29.7 Å². The highest BCUT2D eigenvalue weighted by atomic mass is 19.4. The number of nitrogens with zero attached hydrogens (tertiary/aromatic N) is 1. The number of hydrogen-bond donors (Lipinski definition) is 3. The standard InChI is InChI=1S/C32H33F4N3O5/c1-43-27-10-5-17(26-14-19(15-40)44-39-26)12-23(27)30(41)38-29-21-8-7-20(22(21)11-16-3-2-4-16)28(29)31(42)37-18-6-9-25(33)24(13-18)32(34,35)36/h5-6,9-13,16,19-21,28-29,40H,2-4,7-8,14-15H2,1H3,(H,37,42)(H,38,41)/b22-11-/t19?,20-,21+,28-,29+/m0/s1. The SMILES string of the molecule is COc1ccc(C2=NOC(CO)C2)cc1C(=O)N[C@H]1[C@@H](C(=O)Nc2ccc(F)c(C(F)(F)F)c2)[C@H]2CC[C@@H]1/C2=C\C1CCC1. The van der Waals surface area contributed by atoms with Crippen LogP contribution in [-0.4, -0.2) is 48.5 Å². The number of hydrogen-bond acceptors (Lipinski definition) is 6. The van der Waals surface area contributed by atoms with Crippen LogP contribution in [0, 0.1) is 29.5 Å². The van der Waals surface area contributed by atoms with E-state index in [0.29, 0.717) is 41.5 Å². The maximum atomic E-state index is 13.9. The van der Waals surface area contributed by atoms with Gasteiger partial charge in [0.2, 0.25) is 5.91 Å². The zero-order valence-corrected chi connectivity index (χ0v) is 24.0. The van der Waals surface area contributed by atoms with Gasteiger partial charge in [-0.15, -0.1) is 0 Å². The van der Waals surface area contributed by atoms with Crippen molar-refractivity contribution >= 4 is 23.2 Å². The first kappa shape index (κ1) is 30.1. The van der Waals surface area contributed by atoms with Gasteiger partial charge in [0.25, 0.3) is 5.91 Å². The number of halogens is 4. The summed E-state index contributed by atoms with van der Waals surface area (Å²) in [4.78, 5) is 32.8. The van der Waals surface area contributed by atoms with E-state index in [4.69, 9.17) is 9.57 Å². The number of fused-ring (bicyclic) bond motifs is 2. The maximum Gasteiger partial charge on any atom is 0.419 e. The summed E-state index contributed by atoms with van der Waals surface area (Å²) in [5.41, 5.74) is 0.894. The molecule has 12 heteroatoms. The summed E-state index contributed by atoms with van der Waals surface area (Å²) in [7, 11) is 1.44. The first-order chi connectivity index (χ1) is 21.1. The van der Waals surface area contributed by atoms with Crippen LogP contribution in [0.2, 0.25) is 0 Å². The van der Waals surface area contributed by atoms with Crippen molar-refractivity contribution in [2.24, 2.45) is 28.8 Å². The third kappa shape index (κ3) is 5.67. The molecule has 234 valence electrons. The van der Waals surface area contributed by atoms with E-state index >= 15 is 0 Å². The molecule has 6 rings (SSSR count). The molecule has 1 unspecified atom stereocenters. The molecule has 2 amide bonds. The normalized spacial score (nSPS) is 27.1. The number of amides is 2. The average Bonchev–Trinajstić information content (AvgIpc) is 3.68. The number of rotatable bonds is 8. The molecule has 0 radical (unpaired) electrons. The van der Waals surface area contributed by atoms with Gasteiger partial charge in [0.1, 0.15) is 11.6 Å². The number of nitrogens with one attached hydrogen (secondary N) is 2. The molecule has 3 aliphatic carbocycles. The smallest absolute Gasteiger partial charge is 0.419 e. The van der Waals surface area contributed by atoms with Gasteiger partial charge < -0.3 is 25.3 Å². The second kappa shape index (κ2) is 11.9. The summed E-state index contributed by atoms with van der Waals surface area (Å²) < 4.78 is 59.4. The third-order valence-electron chi connectivity index (χ3n) is 9.33. The van der Waals surface area contributed by atoms with Gasteiger partial charge in [0.15, 0.2) is 6.10 Å². The topological polar surface area (TPSA) is 109 Å². The predicted octanol–water partition coefficient (Wildman–Crippen LogP) is 5.46. The minimum Gasteiger partial charge on any atom is -0.496 e. The molecule has 1 heterocycles. The van der Waals surface area contributed by atoms with Crippen LogP contribution in [0.1, 0.15) is 60.0 Å². The van der Waals surface area contributed by atoms with E-state index in [1.165, 1.54) is 7.11 Å². The molecule has 4 aliphatic rings. The van der Waals surface area contributed by atoms with E-state index in [2.05, 4.69) is 21.9 Å². The molecule has 5 atom stereocenters. The minimum absolute atomic E-state index is 0.105. The molecule has 3 fully saturated rings. The monoisotopic (exact) mass is 615 g/mol. The third-order valence-corrected chi connectivity index (χ3v) is 9.33. The number of alkyl halides is 3. The fourth-order valence-electron chi connectivity index (χ4n) is 6.94. The van der Waals surface area contributed by atoms with Gasteiger partial charge >= 0.3 is 6.18 Å². The number of ether oxygens (including phenoxy) is 1. The van der Waals surface area contributed by atoms with Gasteiger partial charge in [0, 0.05) is 29.6 Å². The Morgan fingerprint density at radius 1 is 1.11 bits per heavy atom. The first-order valence-corrected chi connectivity index (χ1v) is 14.8. The lowest BCUT2D eigenvalue weighted by Crippen LogP contribution is -2.48. The Balaban J connectivity index is 1.29. The van der Waals surface area contributed by atoms with Crippen LogP contribution in [-0.2, 0) is 15.8 Å². The molecule has 3 saturated carbocycles. The van der Waals surface area contributed by atoms with E-state index in [0.717, 1.165) is 43.7 Å². The van der Waals surface area contributed by atoms with Gasteiger partial charge in [-0.05, 0) is 73.9 Å². The lowest BCUT2D eigenvalue weighted by Gasteiger charge is -2.30. The molecule has 0 spiro atoms. The summed E-state index contributed by atoms with van der Waals surface area (Å²) in [5, 5.41) is 19.1. The number of methoxy groups -OCH3 is 1. The molecular weight excluding hydrogens is 582 g/mol. The van der Waals surface area contributed by atoms with Crippen LogP contribution in [0.4, 0.5) is 23.2 Å². The number of allylic oxidation sites excluding steroid dienone is 1. The van der Waals surface area contributed by atoms with Gasteiger partial charge in [-0.3, -0.25) is 9.59 Å². The average molecular weight is 616 g/mol. The first-order valence-electron chi connectivity index (χ1n) is 14.8. The summed E-state index contributed by atoms with van der Waals surface area (Å²) >= 11 is 0. The van der Waals surface area contributed by atoms with E-state index < -0.39 is 47.4 Å². The Bertz CT molecular complexity index is 1520. The quantitative estimate of drug-likeness (QED) is 0.270. The minimum atomic E-state index is -4.92. The summed E-state index contributed by atoms with van der Waals surface area (Å²) in [6, 6.07) is 6.76. The molecule has 44 heavy (non-hydrogen) atoms. The van der Waals surface area contributed by atoms with Gasteiger partial charge in [-0.2, -0.15) is 13.2 Å². The van der Waals surface area contributed by atoms with Crippen molar-refractivity contribution < 1.29 is 41.8 Å². The number of carbonyl (C=O) groups is 2. The van der Waals surface area contributed by atoms with Gasteiger partial charge in [0.05, 0.1) is 36.5 Å². The Morgan fingerprint density at radius 2 is 1.89 bits per heavy atom. The molecule has 0 saturated heterocycles. The number of aliphatic hydroxyl groups is 1. The molecule has 2 aromatic carbocycles. The Morgan fingerprint density at radius 3 is 2.55 bits per heavy atom. The van der Waals surface area contributed by atoms with Crippen LogP contribution in [0.5, 0.6) is 5.75 Å². The van der Waals surface area contributed by atoms with E-state index in [9.17, 15) is 32.3 Å². The van der Waals surface area contributed by atoms with Crippen molar-refractivity contribution in [3.63, 3.8) is 0 Å². The molecular formula is C32H33F4N3O5. The van der Waals surface area contributed by atoms with Gasteiger partial charge in [-0.1, -0.05) is 23.2 Å². The number of oxime groups is 1. The Kier molecular flexibility index (Phi) is 8.12. The molecule has 2 aromatic rings. The van der Waals surface area contributed by atoms with Crippen molar-refractivity contribution in [2.75, 3.05) is 19.0 Å². The fourth-order valence-corrected chi connectivity index (χ4v) is 6.94. The van der Waals surface area contributed by atoms with E-state index in [1.807, 2.05) is 0 Å². The summed E-state index contributed by atoms with van der Waals surface area (Å²) in [6.07, 6.45) is 1.94. The molecule has 2 bridgehead atoms. The lowest BCUT2D eigenvalue weighted by molar-refractivity contribution is -0.140. The Hall–Kier alpha value is -3.93. The maximum absolute atomic E-state index is 13.9. The molecule has 8 nitrogen and oxygen atoms in total. The lowest BCUT2D eigenvalue weighted by atomic mass is 9.82. The largest absolute Gasteiger partial charge is 0.496 e. The van der Waals surface area contributed by atoms with E-state index in [1.54, 1.807) is 18.2 Å². The highest BCUT2D eigenvalue weighted by Gasteiger charge is 2.55. The van der Waals surface area contributed by atoms with Gasteiger partial charge in [-0.25, -0.2) is 4.39 Å². The van der Waals surface area contributed by atoms with Crippen LogP contribution in [0.3, 0.4) is 0 Å². The number of anilines is 1. The summed E-state index contributed by atoms with van der Waals surface area (Å²) in [6.45, 7) is -0.198. The van der Waals surface area contributed by atoms with Crippen molar-refractivity contribution in [1.29, 1.82) is 0 Å². The molecule has 1 aliphatic heterocycles. The number of benzene rings is 2. The van der Waals surface area contributed by atoms with Crippen LogP contribution in [0.15, 0.2) is 53.2 Å². The molecule has 3 N–H and O–H groups in total. The number of aliphatic hydroxyl groups excluding tert-OH is 1. The summed E-state index contributed by atoms with van der Waals surface area (Å²) in [5.74, 6) is -2.73. The van der Waals surface area contributed by atoms with Crippen molar-refractivity contribution in [1.82, 2.24) is 5.32 Å². The zero-order chi connectivity index (χ0) is 31.2. The zero-order valence-electron chi connectivity index (χ0n) is 24.0. The van der Waals surface area contributed by atoms with Crippen LogP contribution in [0.25, 0.3) is 0 Å². The van der Waals surface area contributed by atoms with Crippen molar-refractivity contribution in [2.45, 2.75) is 56.8 Å². The second-order valence-corrected chi connectivity index (χ2v) is 11.9. The Labute approximate surface area is 251 Å². The van der Waals surface area contributed by atoms with Crippen LogP contribution < -0.4 is 15.4 Å². The number of carbonyl (C=O) groups excluding carboxylic acids is 2. The highest BCUT2D eigenvalue weighted by molar-refractivity contribution is 6.05. The van der Waals surface area contributed by atoms with Crippen molar-refractivity contribution in [3.05, 3.63) is 70.6 Å². The molecule has 0 aromatic heterocycles. The van der Waals surface area contributed by atoms with Crippen molar-refractivity contribution in [3.8, 4) is 5.75 Å². The predicted molar refractivity (Wildman–Crippen MR) is 153 cm³/mol. The fraction of sp³-hybridized carbons (Fsp3) is 0.469. The highest BCUT2D eigenvalue weighted by Crippen LogP contribution is 2.54. The second-order valence-electron chi connectivity index (χ2n) is 11.9. The van der Waals surface area contributed by atoms with Crippen LogP contribution >= 0.6 is 0 Å².